The van der Waals surface area contributed by atoms with Crippen LogP contribution in [0.3, 0.4) is 0 Å². The van der Waals surface area contributed by atoms with Crippen molar-refractivity contribution in [3.05, 3.63) is 100 Å². The first-order valence-corrected chi connectivity index (χ1v) is 10.3. The Kier molecular flexibility index (Phi) is 8.20. The summed E-state index contributed by atoms with van der Waals surface area (Å²) in [6.07, 6.45) is 4.14. The van der Waals surface area contributed by atoms with Crippen molar-refractivity contribution in [2.45, 2.75) is 0 Å². The van der Waals surface area contributed by atoms with E-state index >= 15 is 0 Å². The molecule has 0 spiro atoms. The SMILES string of the molecule is O=C(C=Cc1ccccc1)Oc1ccc(Br)cc1C=NNC(=O)C(=O)Nc1ccc(F)cc1. The predicted molar refractivity (Wildman–Crippen MR) is 126 cm³/mol. The van der Waals surface area contributed by atoms with Crippen molar-refractivity contribution < 1.29 is 23.5 Å². The van der Waals surface area contributed by atoms with Crippen LogP contribution in [0.2, 0.25) is 0 Å². The van der Waals surface area contributed by atoms with Crippen molar-refractivity contribution in [1.29, 1.82) is 0 Å². The molecule has 9 heteroatoms. The van der Waals surface area contributed by atoms with Crippen molar-refractivity contribution in [2.24, 2.45) is 5.10 Å². The molecule has 0 aliphatic carbocycles. The third-order valence-electron chi connectivity index (χ3n) is 4.07. The van der Waals surface area contributed by atoms with Crippen molar-refractivity contribution in [1.82, 2.24) is 5.43 Å². The Hall–Kier alpha value is -4.11. The van der Waals surface area contributed by atoms with Crippen LogP contribution in [-0.4, -0.2) is 24.0 Å². The monoisotopic (exact) mass is 509 g/mol. The summed E-state index contributed by atoms with van der Waals surface area (Å²) in [5.41, 5.74) is 3.56. The lowest BCUT2D eigenvalue weighted by Gasteiger charge is -2.06. The molecule has 0 atom stereocenters. The van der Waals surface area contributed by atoms with Gasteiger partial charge in [-0.1, -0.05) is 46.3 Å². The number of amides is 2. The molecule has 33 heavy (non-hydrogen) atoms. The lowest BCUT2D eigenvalue weighted by molar-refractivity contribution is -0.136. The number of nitrogens with one attached hydrogen (secondary N) is 2. The minimum Gasteiger partial charge on any atom is -0.423 e. The average molecular weight is 510 g/mol. The normalized spacial score (nSPS) is 10.8. The molecule has 3 aromatic carbocycles. The van der Waals surface area contributed by atoms with Crippen molar-refractivity contribution in [3.8, 4) is 5.75 Å². The largest absolute Gasteiger partial charge is 0.423 e. The lowest BCUT2D eigenvalue weighted by atomic mass is 10.2. The number of hydrogen-bond acceptors (Lipinski definition) is 5. The molecular weight excluding hydrogens is 493 g/mol. The van der Waals surface area contributed by atoms with E-state index in [0.717, 1.165) is 17.7 Å². The number of rotatable bonds is 6. The van der Waals surface area contributed by atoms with Crippen LogP contribution in [0.4, 0.5) is 10.1 Å². The van der Waals surface area contributed by atoms with Gasteiger partial charge in [0, 0.05) is 21.8 Å². The van der Waals surface area contributed by atoms with Crippen LogP contribution >= 0.6 is 15.9 Å². The fraction of sp³-hybridized carbons (Fsp3) is 0. The molecule has 2 amide bonds. The van der Waals surface area contributed by atoms with Gasteiger partial charge in [-0.2, -0.15) is 5.10 Å². The van der Waals surface area contributed by atoms with E-state index in [1.807, 2.05) is 30.3 Å². The van der Waals surface area contributed by atoms with Gasteiger partial charge in [0.05, 0.1) is 6.21 Å². The molecule has 0 fully saturated rings. The molecule has 3 aromatic rings. The average Bonchev–Trinajstić information content (AvgIpc) is 2.81. The molecule has 0 aliphatic rings. The number of benzene rings is 3. The number of anilines is 1. The van der Waals surface area contributed by atoms with Crippen molar-refractivity contribution in [3.63, 3.8) is 0 Å². The van der Waals surface area contributed by atoms with E-state index in [0.29, 0.717) is 10.0 Å². The number of carbonyl (C=O) groups excluding carboxylic acids is 3. The van der Waals surface area contributed by atoms with Crippen LogP contribution in [0.25, 0.3) is 6.08 Å². The fourth-order valence-electron chi connectivity index (χ4n) is 2.52. The van der Waals surface area contributed by atoms with Crippen molar-refractivity contribution >= 4 is 51.7 Å². The molecule has 2 N–H and O–H groups in total. The van der Waals surface area contributed by atoms with Gasteiger partial charge in [0.15, 0.2) is 0 Å². The third kappa shape index (κ3) is 7.51. The fourth-order valence-corrected chi connectivity index (χ4v) is 2.90. The number of carbonyl (C=O) groups is 3. The van der Waals surface area contributed by atoms with Gasteiger partial charge in [0.1, 0.15) is 11.6 Å². The second-order valence-corrected chi connectivity index (χ2v) is 7.42. The number of esters is 1. The van der Waals surface area contributed by atoms with Crippen LogP contribution in [0.5, 0.6) is 5.75 Å². The Balaban J connectivity index is 1.61. The molecule has 0 saturated carbocycles. The Bertz CT molecular complexity index is 1210. The molecule has 0 unspecified atom stereocenters. The highest BCUT2D eigenvalue weighted by atomic mass is 79.9. The maximum atomic E-state index is 12.9. The van der Waals surface area contributed by atoms with Crippen LogP contribution in [0, 0.1) is 5.82 Å². The molecule has 0 saturated heterocycles. The van der Waals surface area contributed by atoms with Crippen molar-refractivity contribution in [2.75, 3.05) is 5.32 Å². The Morgan fingerprint density at radius 2 is 1.67 bits per heavy atom. The van der Waals surface area contributed by atoms with Crippen LogP contribution in [-0.2, 0) is 14.4 Å². The van der Waals surface area contributed by atoms with E-state index in [2.05, 4.69) is 31.8 Å². The second kappa shape index (κ2) is 11.5. The van der Waals surface area contributed by atoms with Crippen LogP contribution in [0.15, 0.2) is 88.4 Å². The summed E-state index contributed by atoms with van der Waals surface area (Å²) in [7, 11) is 0. The van der Waals surface area contributed by atoms with Gasteiger partial charge in [-0.05, 0) is 54.1 Å². The summed E-state index contributed by atoms with van der Waals surface area (Å²) in [6.45, 7) is 0. The molecule has 0 aromatic heterocycles. The molecule has 7 nitrogen and oxygen atoms in total. The number of hydrogen-bond donors (Lipinski definition) is 2. The van der Waals surface area contributed by atoms with Crippen LogP contribution < -0.4 is 15.5 Å². The number of nitrogens with zero attached hydrogens (tertiary/aromatic N) is 1. The predicted octanol–water partition coefficient (Wildman–Crippen LogP) is 4.30. The molecule has 3 rings (SSSR count). The topological polar surface area (TPSA) is 96.9 Å². The molecule has 0 radical (unpaired) electrons. The highest BCUT2D eigenvalue weighted by molar-refractivity contribution is 9.10. The summed E-state index contributed by atoms with van der Waals surface area (Å²) in [6, 6.07) is 19.0. The molecule has 0 bridgehead atoms. The molecular formula is C24H17BrFN3O4. The Morgan fingerprint density at radius 1 is 0.939 bits per heavy atom. The Labute approximate surface area is 197 Å². The summed E-state index contributed by atoms with van der Waals surface area (Å²) in [4.78, 5) is 36.0. The maximum absolute atomic E-state index is 12.9. The zero-order valence-corrected chi connectivity index (χ0v) is 18.6. The van der Waals surface area contributed by atoms with Gasteiger partial charge in [-0.3, -0.25) is 9.59 Å². The summed E-state index contributed by atoms with van der Waals surface area (Å²) in [5, 5.41) is 6.06. The smallest absolute Gasteiger partial charge is 0.336 e. The van der Waals surface area contributed by atoms with E-state index in [-0.39, 0.29) is 11.4 Å². The van der Waals surface area contributed by atoms with Crippen LogP contribution in [0.1, 0.15) is 11.1 Å². The molecule has 0 aliphatic heterocycles. The summed E-state index contributed by atoms with van der Waals surface area (Å²) < 4.78 is 19.0. The minimum atomic E-state index is -1.03. The Morgan fingerprint density at radius 3 is 2.39 bits per heavy atom. The highest BCUT2D eigenvalue weighted by Gasteiger charge is 2.13. The maximum Gasteiger partial charge on any atom is 0.336 e. The highest BCUT2D eigenvalue weighted by Crippen LogP contribution is 2.22. The summed E-state index contributed by atoms with van der Waals surface area (Å²) in [5.74, 6) is -2.88. The van der Waals surface area contributed by atoms with Gasteiger partial charge in [-0.25, -0.2) is 14.6 Å². The van der Waals surface area contributed by atoms with Gasteiger partial charge in [0.25, 0.3) is 0 Å². The minimum absolute atomic E-state index is 0.203. The standard InChI is InChI=1S/C24H17BrFN3O4/c25-18-7-12-21(33-22(30)13-6-16-4-2-1-3-5-16)17(14-18)15-27-29-24(32)23(31)28-20-10-8-19(26)9-11-20/h1-15H,(H,28,31)(H,29,32). The quantitative estimate of drug-likeness (QED) is 0.129. The zero-order chi connectivity index (χ0) is 23.6. The van der Waals surface area contributed by atoms with Gasteiger partial charge in [0.2, 0.25) is 0 Å². The number of halogens is 2. The van der Waals surface area contributed by atoms with Gasteiger partial charge in [-0.15, -0.1) is 0 Å². The molecule has 166 valence electrons. The summed E-state index contributed by atoms with van der Waals surface area (Å²) >= 11 is 3.32. The first-order valence-electron chi connectivity index (χ1n) is 9.55. The van der Waals surface area contributed by atoms with E-state index in [1.165, 1.54) is 24.4 Å². The first-order chi connectivity index (χ1) is 15.9. The molecule has 0 heterocycles. The zero-order valence-electron chi connectivity index (χ0n) is 17.0. The second-order valence-electron chi connectivity index (χ2n) is 6.51. The van der Waals surface area contributed by atoms with Gasteiger partial charge >= 0.3 is 17.8 Å². The van der Waals surface area contributed by atoms with E-state index < -0.39 is 23.6 Å². The van der Waals surface area contributed by atoms with E-state index in [4.69, 9.17) is 4.74 Å². The lowest BCUT2D eigenvalue weighted by Crippen LogP contribution is -2.32. The number of hydrazone groups is 1. The van der Waals surface area contributed by atoms with Gasteiger partial charge < -0.3 is 10.1 Å². The number of ether oxygens (including phenoxy) is 1. The van der Waals surface area contributed by atoms with E-state index in [9.17, 15) is 18.8 Å². The third-order valence-corrected chi connectivity index (χ3v) is 4.57. The van der Waals surface area contributed by atoms with E-state index in [1.54, 1.807) is 24.3 Å². The first kappa shape index (κ1) is 23.6.